The highest BCUT2D eigenvalue weighted by molar-refractivity contribution is 7.16. The molecule has 0 amide bonds. The number of aryl methyl sites for hydroxylation is 1. The first-order valence-corrected chi connectivity index (χ1v) is 9.15. The molecule has 0 saturated carbocycles. The molecule has 0 aliphatic carbocycles. The van der Waals surface area contributed by atoms with Crippen LogP contribution in [-0.2, 0) is 0 Å². The summed E-state index contributed by atoms with van der Waals surface area (Å²) in [5.41, 5.74) is 4.78. The van der Waals surface area contributed by atoms with Crippen LogP contribution in [0.25, 0.3) is 38.5 Å². The Labute approximate surface area is 156 Å². The second-order valence-corrected chi connectivity index (χ2v) is 7.28. The van der Waals surface area contributed by atoms with E-state index < -0.39 is 0 Å². The molecule has 0 saturated heterocycles. The first-order chi connectivity index (χ1) is 13.1. The lowest BCUT2D eigenvalue weighted by Gasteiger charge is -2.09. The number of aromatic amines is 1. The van der Waals surface area contributed by atoms with Crippen molar-refractivity contribution >= 4 is 32.7 Å². The summed E-state index contributed by atoms with van der Waals surface area (Å²) in [7, 11) is 0. The number of imidazole rings is 1. The van der Waals surface area contributed by atoms with Gasteiger partial charge in [-0.05, 0) is 61.5 Å². The summed E-state index contributed by atoms with van der Waals surface area (Å²) in [5.74, 6) is 0.374. The van der Waals surface area contributed by atoms with Gasteiger partial charge >= 0.3 is 4.87 Å². The maximum atomic E-state index is 13.4. The number of halogens is 1. The van der Waals surface area contributed by atoms with Gasteiger partial charge < -0.3 is 4.98 Å². The predicted molar refractivity (Wildman–Crippen MR) is 105 cm³/mol. The fourth-order valence-corrected chi connectivity index (χ4v) is 3.93. The van der Waals surface area contributed by atoms with Crippen LogP contribution in [0.2, 0.25) is 0 Å². The van der Waals surface area contributed by atoms with Crippen LogP contribution in [0, 0.1) is 12.7 Å². The lowest BCUT2D eigenvalue weighted by Crippen LogP contribution is -1.99. The number of hydrogen-bond donors (Lipinski definition) is 1. The van der Waals surface area contributed by atoms with Crippen LogP contribution in [0.4, 0.5) is 4.39 Å². The molecule has 3 aromatic heterocycles. The van der Waals surface area contributed by atoms with E-state index in [2.05, 4.69) is 9.97 Å². The fourth-order valence-electron chi connectivity index (χ4n) is 3.16. The summed E-state index contributed by atoms with van der Waals surface area (Å²) >= 11 is 1.16. The number of benzene rings is 2. The van der Waals surface area contributed by atoms with Gasteiger partial charge in [0.15, 0.2) is 5.65 Å². The van der Waals surface area contributed by atoms with E-state index in [4.69, 9.17) is 4.98 Å². The molecular weight excluding hydrogens is 363 g/mol. The number of fused-ring (bicyclic) bond motifs is 2. The minimum absolute atomic E-state index is 0.0923. The Kier molecular flexibility index (Phi) is 3.45. The van der Waals surface area contributed by atoms with Crippen LogP contribution in [0.5, 0.6) is 0 Å². The van der Waals surface area contributed by atoms with E-state index in [1.165, 1.54) is 12.1 Å². The number of thiazole rings is 1. The summed E-state index contributed by atoms with van der Waals surface area (Å²) in [6.45, 7) is 1.93. The summed E-state index contributed by atoms with van der Waals surface area (Å²) in [5, 5.41) is 0. The van der Waals surface area contributed by atoms with Crippen molar-refractivity contribution in [3.63, 3.8) is 0 Å². The molecule has 0 fully saturated rings. The molecule has 0 spiro atoms. The molecule has 7 heteroatoms. The van der Waals surface area contributed by atoms with Crippen molar-refractivity contribution < 1.29 is 4.39 Å². The lowest BCUT2D eigenvalue weighted by atomic mass is 10.2. The smallest absolute Gasteiger partial charge is 0.305 e. The van der Waals surface area contributed by atoms with E-state index in [0.717, 1.165) is 49.7 Å². The van der Waals surface area contributed by atoms with Crippen molar-refractivity contribution in [1.29, 1.82) is 0 Å². The SMILES string of the molecule is Cc1ccc2nc(-c3ccc(F)cc3)n(-c3ccc4[nH]c(=O)sc4c3)c2n1. The molecule has 132 valence electrons. The van der Waals surface area contributed by atoms with E-state index in [9.17, 15) is 9.18 Å². The quantitative estimate of drug-likeness (QED) is 0.495. The molecule has 0 aliphatic rings. The van der Waals surface area contributed by atoms with Gasteiger partial charge in [-0.3, -0.25) is 9.36 Å². The molecule has 5 nitrogen and oxygen atoms in total. The molecule has 3 heterocycles. The highest BCUT2D eigenvalue weighted by Crippen LogP contribution is 2.29. The van der Waals surface area contributed by atoms with Crippen molar-refractivity contribution in [3.8, 4) is 17.1 Å². The first kappa shape index (κ1) is 15.9. The van der Waals surface area contributed by atoms with Gasteiger partial charge in [-0.25, -0.2) is 14.4 Å². The van der Waals surface area contributed by atoms with Crippen molar-refractivity contribution in [3.05, 3.63) is 75.8 Å². The van der Waals surface area contributed by atoms with Crippen LogP contribution in [0.1, 0.15) is 5.69 Å². The van der Waals surface area contributed by atoms with Gasteiger partial charge in [-0.15, -0.1) is 0 Å². The average molecular weight is 376 g/mol. The minimum Gasteiger partial charge on any atom is -0.312 e. The van der Waals surface area contributed by atoms with Gasteiger partial charge in [0.1, 0.15) is 17.2 Å². The third-order valence-electron chi connectivity index (χ3n) is 4.41. The molecule has 0 bridgehead atoms. The zero-order valence-electron chi connectivity index (χ0n) is 14.2. The zero-order valence-corrected chi connectivity index (χ0v) is 15.0. The van der Waals surface area contributed by atoms with E-state index in [0.29, 0.717) is 5.82 Å². The Balaban J connectivity index is 1.84. The first-order valence-electron chi connectivity index (χ1n) is 8.34. The molecule has 27 heavy (non-hydrogen) atoms. The Morgan fingerprint density at radius 1 is 1.04 bits per heavy atom. The fraction of sp³-hybridized carbons (Fsp3) is 0.0500. The van der Waals surface area contributed by atoms with E-state index in [1.807, 2.05) is 41.8 Å². The molecule has 2 aromatic carbocycles. The standard InChI is InChI=1S/C20H13FN4OS/c1-11-2-8-16-19(22-11)25(18(23-16)12-3-5-13(21)6-4-12)14-7-9-15-17(10-14)27-20(26)24-15/h2-10H,1H3,(H,24,26). The highest BCUT2D eigenvalue weighted by atomic mass is 32.1. The molecule has 0 radical (unpaired) electrons. The summed E-state index contributed by atoms with van der Waals surface area (Å²) in [6, 6.07) is 15.8. The Bertz CT molecular complexity index is 1360. The maximum absolute atomic E-state index is 13.4. The van der Waals surface area contributed by atoms with Crippen molar-refractivity contribution in [2.24, 2.45) is 0 Å². The number of pyridine rings is 1. The van der Waals surface area contributed by atoms with Crippen molar-refractivity contribution in [2.45, 2.75) is 6.92 Å². The van der Waals surface area contributed by atoms with Crippen LogP contribution >= 0.6 is 11.3 Å². The molecule has 5 aromatic rings. The second-order valence-electron chi connectivity index (χ2n) is 6.27. The van der Waals surface area contributed by atoms with Gasteiger partial charge in [0.2, 0.25) is 0 Å². The van der Waals surface area contributed by atoms with Gasteiger partial charge in [0.05, 0.1) is 15.9 Å². The second kappa shape index (κ2) is 5.85. The largest absolute Gasteiger partial charge is 0.312 e. The Morgan fingerprint density at radius 2 is 1.85 bits per heavy atom. The van der Waals surface area contributed by atoms with Crippen LogP contribution in [0.15, 0.2) is 59.4 Å². The Morgan fingerprint density at radius 3 is 2.67 bits per heavy atom. The monoisotopic (exact) mass is 376 g/mol. The third kappa shape index (κ3) is 2.63. The molecule has 5 rings (SSSR count). The predicted octanol–water partition coefficient (Wildman–Crippen LogP) is 4.44. The van der Waals surface area contributed by atoms with E-state index in [1.54, 1.807) is 12.1 Å². The summed E-state index contributed by atoms with van der Waals surface area (Å²) in [6.07, 6.45) is 0. The summed E-state index contributed by atoms with van der Waals surface area (Å²) < 4.78 is 16.2. The molecule has 1 N–H and O–H groups in total. The van der Waals surface area contributed by atoms with Gasteiger partial charge in [0.25, 0.3) is 0 Å². The minimum atomic E-state index is -0.297. The number of nitrogens with one attached hydrogen (secondary N) is 1. The Hall–Kier alpha value is -3.32. The van der Waals surface area contributed by atoms with Gasteiger partial charge in [-0.2, -0.15) is 0 Å². The third-order valence-corrected chi connectivity index (χ3v) is 5.25. The molecular formula is C20H13FN4OS. The zero-order chi connectivity index (χ0) is 18.5. The van der Waals surface area contributed by atoms with Crippen molar-refractivity contribution in [2.75, 3.05) is 0 Å². The van der Waals surface area contributed by atoms with E-state index >= 15 is 0 Å². The molecule has 0 unspecified atom stereocenters. The van der Waals surface area contributed by atoms with E-state index in [-0.39, 0.29) is 10.7 Å². The normalized spacial score (nSPS) is 11.5. The topological polar surface area (TPSA) is 63.6 Å². The van der Waals surface area contributed by atoms with Crippen molar-refractivity contribution in [1.82, 2.24) is 19.5 Å². The lowest BCUT2D eigenvalue weighted by molar-refractivity contribution is 0.628. The maximum Gasteiger partial charge on any atom is 0.305 e. The number of hydrogen-bond acceptors (Lipinski definition) is 4. The molecule has 0 aliphatic heterocycles. The number of rotatable bonds is 2. The average Bonchev–Trinajstić information content (AvgIpc) is 3.20. The van der Waals surface area contributed by atoms with Gasteiger partial charge in [-0.1, -0.05) is 11.3 Å². The molecule has 0 atom stereocenters. The summed E-state index contributed by atoms with van der Waals surface area (Å²) in [4.78, 5) is 23.8. The number of aromatic nitrogens is 4. The van der Waals surface area contributed by atoms with Gasteiger partial charge in [0, 0.05) is 11.3 Å². The highest BCUT2D eigenvalue weighted by Gasteiger charge is 2.16. The van der Waals surface area contributed by atoms with Crippen LogP contribution in [0.3, 0.4) is 0 Å². The van der Waals surface area contributed by atoms with Crippen LogP contribution < -0.4 is 4.87 Å². The number of H-pyrrole nitrogens is 1. The number of nitrogens with zero attached hydrogens (tertiary/aromatic N) is 3. The van der Waals surface area contributed by atoms with Crippen LogP contribution in [-0.4, -0.2) is 19.5 Å².